The van der Waals surface area contributed by atoms with Crippen LogP contribution in [0.25, 0.3) is 0 Å². The Kier molecular flexibility index (Phi) is 18.4. The fourth-order valence-corrected chi connectivity index (χ4v) is 6.55. The number of rotatable bonds is 22. The lowest BCUT2D eigenvalue weighted by Crippen LogP contribution is -2.29. The molecule has 1 atom stereocenters. The first-order valence-corrected chi connectivity index (χ1v) is 18.8. The molecule has 2 aromatic rings. The first-order valence-electron chi connectivity index (χ1n) is 18.0. The standard InChI is InChI=1S/C39H56BrFO5/c1-3-5-7-8-9-10-11-12-13-14-28-44-37-27-22-32(29-35(37)40)38(42)45-33-23-18-30(19-24-33)16-17-31-20-25-34(26-21-31)46-39(43)36(41)15-6-4-2/h18-19,22-24,27,29,31,34,36H,3-17,20-21,25-26,28H2,1-2H3/t31?,34?,36-/m0/s1. The molecule has 2 aromatic carbocycles. The minimum Gasteiger partial charge on any atom is -0.492 e. The molecular formula is C39H56BrFO5. The highest BCUT2D eigenvalue weighted by Crippen LogP contribution is 2.31. The molecule has 0 aromatic heterocycles. The summed E-state index contributed by atoms with van der Waals surface area (Å²) in [5.74, 6) is 0.720. The van der Waals surface area contributed by atoms with Crippen LogP contribution in [0.3, 0.4) is 0 Å². The summed E-state index contributed by atoms with van der Waals surface area (Å²) in [6, 6.07) is 13.0. The molecule has 1 saturated carbocycles. The molecule has 0 spiro atoms. The van der Waals surface area contributed by atoms with Gasteiger partial charge in [0.2, 0.25) is 0 Å². The van der Waals surface area contributed by atoms with Crippen LogP contribution in [-0.2, 0) is 16.0 Å². The Morgan fingerprint density at radius 1 is 0.826 bits per heavy atom. The van der Waals surface area contributed by atoms with Crippen molar-refractivity contribution in [2.75, 3.05) is 6.61 Å². The van der Waals surface area contributed by atoms with Crippen LogP contribution in [-0.4, -0.2) is 30.8 Å². The van der Waals surface area contributed by atoms with E-state index >= 15 is 0 Å². The summed E-state index contributed by atoms with van der Waals surface area (Å²) in [4.78, 5) is 24.8. The van der Waals surface area contributed by atoms with Gasteiger partial charge >= 0.3 is 11.9 Å². The zero-order chi connectivity index (χ0) is 33.0. The average Bonchev–Trinajstić information content (AvgIpc) is 3.07. The molecule has 0 unspecified atom stereocenters. The third-order valence-corrected chi connectivity index (χ3v) is 9.66. The first kappa shape index (κ1) is 38.0. The molecule has 5 nitrogen and oxygen atoms in total. The van der Waals surface area contributed by atoms with Crippen molar-refractivity contribution >= 4 is 27.9 Å². The number of hydrogen-bond donors (Lipinski definition) is 0. The van der Waals surface area contributed by atoms with Crippen LogP contribution >= 0.6 is 15.9 Å². The van der Waals surface area contributed by atoms with Crippen molar-refractivity contribution in [1.82, 2.24) is 0 Å². The number of benzene rings is 2. The smallest absolute Gasteiger partial charge is 0.343 e. The summed E-state index contributed by atoms with van der Waals surface area (Å²) in [6.07, 6.45) is 18.6. The Bertz CT molecular complexity index is 1150. The number of halogens is 2. The van der Waals surface area contributed by atoms with E-state index in [1.807, 2.05) is 37.3 Å². The lowest BCUT2D eigenvalue weighted by Gasteiger charge is -2.28. The molecule has 1 aliphatic rings. The molecule has 0 amide bonds. The summed E-state index contributed by atoms with van der Waals surface area (Å²) in [5.41, 5.74) is 1.66. The van der Waals surface area contributed by atoms with Gasteiger partial charge in [-0.05, 0) is 109 Å². The predicted octanol–water partition coefficient (Wildman–Crippen LogP) is 11.5. The van der Waals surface area contributed by atoms with Gasteiger partial charge in [-0.3, -0.25) is 0 Å². The number of alkyl halides is 1. The minimum atomic E-state index is -1.49. The third-order valence-electron chi connectivity index (χ3n) is 9.04. The minimum absolute atomic E-state index is 0.156. The van der Waals surface area contributed by atoms with E-state index < -0.39 is 18.1 Å². The fraction of sp³-hybridized carbons (Fsp3) is 0.641. The largest absolute Gasteiger partial charge is 0.492 e. The molecule has 0 saturated heterocycles. The number of carbonyl (C=O) groups is 2. The Morgan fingerprint density at radius 2 is 1.46 bits per heavy atom. The SMILES string of the molecule is CCCCCCCCCCCCOc1ccc(C(=O)Oc2ccc(CCC3CCC(OC(=O)[C@@H](F)CCCC)CC3)cc2)cc1Br. The number of unbranched alkanes of at least 4 members (excludes halogenated alkanes) is 10. The summed E-state index contributed by atoms with van der Waals surface area (Å²) >= 11 is 3.55. The number of esters is 2. The van der Waals surface area contributed by atoms with Crippen LogP contribution < -0.4 is 9.47 Å². The molecule has 0 N–H and O–H groups in total. The molecule has 0 heterocycles. The Labute approximate surface area is 285 Å². The fourth-order valence-electron chi connectivity index (χ4n) is 6.06. The summed E-state index contributed by atoms with van der Waals surface area (Å²) in [7, 11) is 0. The lowest BCUT2D eigenvalue weighted by molar-refractivity contribution is -0.157. The van der Waals surface area contributed by atoms with Crippen LogP contribution in [0.5, 0.6) is 11.5 Å². The second-order valence-corrected chi connectivity index (χ2v) is 13.8. The number of carbonyl (C=O) groups excluding carboxylic acids is 2. The van der Waals surface area contributed by atoms with Gasteiger partial charge in [0.25, 0.3) is 0 Å². The Balaban J connectivity index is 1.30. The Morgan fingerprint density at radius 3 is 2.09 bits per heavy atom. The quantitative estimate of drug-likeness (QED) is 0.0694. The van der Waals surface area contributed by atoms with Crippen molar-refractivity contribution in [3.63, 3.8) is 0 Å². The molecule has 0 radical (unpaired) electrons. The molecule has 0 bridgehead atoms. The molecule has 46 heavy (non-hydrogen) atoms. The van der Waals surface area contributed by atoms with Crippen molar-refractivity contribution in [3.8, 4) is 11.5 Å². The van der Waals surface area contributed by atoms with Crippen molar-refractivity contribution in [2.45, 2.75) is 148 Å². The van der Waals surface area contributed by atoms with Crippen molar-refractivity contribution in [3.05, 3.63) is 58.1 Å². The van der Waals surface area contributed by atoms with Gasteiger partial charge < -0.3 is 14.2 Å². The highest BCUT2D eigenvalue weighted by atomic mass is 79.9. The molecular weight excluding hydrogens is 647 g/mol. The van der Waals surface area contributed by atoms with E-state index in [1.165, 1.54) is 63.4 Å². The number of ether oxygens (including phenoxy) is 3. The third kappa shape index (κ3) is 14.6. The number of hydrogen-bond acceptors (Lipinski definition) is 5. The zero-order valence-corrected chi connectivity index (χ0v) is 29.8. The number of aryl methyl sites for hydroxylation is 1. The van der Waals surface area contributed by atoms with E-state index in [2.05, 4.69) is 22.9 Å². The second kappa shape index (κ2) is 22.2. The molecule has 7 heteroatoms. The molecule has 1 aliphatic carbocycles. The highest BCUT2D eigenvalue weighted by Gasteiger charge is 2.27. The van der Waals surface area contributed by atoms with Gasteiger partial charge in [-0.25, -0.2) is 14.0 Å². The van der Waals surface area contributed by atoms with Gasteiger partial charge in [0, 0.05) is 0 Å². The normalized spacial score (nSPS) is 17.0. The monoisotopic (exact) mass is 702 g/mol. The van der Waals surface area contributed by atoms with Crippen molar-refractivity contribution in [1.29, 1.82) is 0 Å². The van der Waals surface area contributed by atoms with Crippen LogP contribution in [0.2, 0.25) is 0 Å². The first-order chi connectivity index (χ1) is 22.4. The van der Waals surface area contributed by atoms with Gasteiger partial charge in [0.1, 0.15) is 17.6 Å². The molecule has 0 aliphatic heterocycles. The van der Waals surface area contributed by atoms with E-state index in [4.69, 9.17) is 14.2 Å². The highest BCUT2D eigenvalue weighted by molar-refractivity contribution is 9.10. The maximum absolute atomic E-state index is 13.9. The van der Waals surface area contributed by atoms with Gasteiger partial charge in [-0.1, -0.05) is 96.6 Å². The van der Waals surface area contributed by atoms with Crippen LogP contribution in [0.1, 0.15) is 145 Å². The maximum Gasteiger partial charge on any atom is 0.343 e. The summed E-state index contributed by atoms with van der Waals surface area (Å²) < 4.78 is 31.7. The van der Waals surface area contributed by atoms with Gasteiger partial charge in [0.05, 0.1) is 16.6 Å². The van der Waals surface area contributed by atoms with Crippen molar-refractivity contribution < 1.29 is 28.2 Å². The summed E-state index contributed by atoms with van der Waals surface area (Å²) in [5, 5.41) is 0. The van der Waals surface area contributed by atoms with E-state index in [9.17, 15) is 14.0 Å². The van der Waals surface area contributed by atoms with E-state index in [-0.39, 0.29) is 12.5 Å². The van der Waals surface area contributed by atoms with Crippen LogP contribution in [0, 0.1) is 5.92 Å². The van der Waals surface area contributed by atoms with E-state index in [0.717, 1.165) is 61.6 Å². The van der Waals surface area contributed by atoms with E-state index in [1.54, 1.807) is 12.1 Å². The predicted molar refractivity (Wildman–Crippen MR) is 187 cm³/mol. The second-order valence-electron chi connectivity index (χ2n) is 12.9. The lowest BCUT2D eigenvalue weighted by atomic mass is 9.83. The Hall–Kier alpha value is -2.41. The van der Waals surface area contributed by atoms with Crippen LogP contribution in [0.15, 0.2) is 46.9 Å². The average molecular weight is 704 g/mol. The van der Waals surface area contributed by atoms with Gasteiger partial charge in [0.15, 0.2) is 6.17 Å². The van der Waals surface area contributed by atoms with Gasteiger partial charge in [-0.15, -0.1) is 0 Å². The summed E-state index contributed by atoms with van der Waals surface area (Å²) in [6.45, 7) is 4.91. The molecule has 3 rings (SSSR count). The topological polar surface area (TPSA) is 61.8 Å². The van der Waals surface area contributed by atoms with E-state index in [0.29, 0.717) is 30.3 Å². The van der Waals surface area contributed by atoms with Crippen LogP contribution in [0.4, 0.5) is 4.39 Å². The zero-order valence-electron chi connectivity index (χ0n) is 28.2. The van der Waals surface area contributed by atoms with Gasteiger partial charge in [-0.2, -0.15) is 0 Å². The molecule has 1 fully saturated rings. The molecule has 256 valence electrons. The van der Waals surface area contributed by atoms with Crippen molar-refractivity contribution in [2.24, 2.45) is 5.92 Å². The maximum atomic E-state index is 13.9.